The van der Waals surface area contributed by atoms with E-state index in [0.717, 1.165) is 18.2 Å². The molecule has 0 fully saturated rings. The van der Waals surface area contributed by atoms with Crippen molar-refractivity contribution in [3.05, 3.63) is 60.7 Å². The van der Waals surface area contributed by atoms with Crippen molar-refractivity contribution in [3.63, 3.8) is 0 Å². The number of rotatable bonds is 7. The van der Waals surface area contributed by atoms with E-state index in [1.807, 2.05) is 12.1 Å². The molecular weight excluding hydrogens is 376 g/mol. The summed E-state index contributed by atoms with van der Waals surface area (Å²) in [5.41, 5.74) is 0. The zero-order valence-electron chi connectivity index (χ0n) is 14.9. The third kappa shape index (κ3) is 3.73. The minimum Gasteiger partial charge on any atom is -0.304 e. The van der Waals surface area contributed by atoms with E-state index in [-0.39, 0.29) is 5.04 Å². The first-order valence-electron chi connectivity index (χ1n) is 8.65. The van der Waals surface area contributed by atoms with Crippen molar-refractivity contribution in [2.45, 2.75) is 45.1 Å². The molecule has 0 atom stereocenters. The fraction of sp³-hybridized carbons (Fsp3) is 0.381. The number of halogens is 1. The summed E-state index contributed by atoms with van der Waals surface area (Å²) in [7, 11) is -2.56. The molecule has 0 aliphatic carbocycles. The Kier molecular flexibility index (Phi) is 6.59. The van der Waals surface area contributed by atoms with Crippen molar-refractivity contribution in [2.75, 3.05) is 5.33 Å². The molecule has 0 saturated carbocycles. The van der Waals surface area contributed by atoms with Gasteiger partial charge in [-0.2, -0.15) is 0 Å². The number of unbranched alkanes of at least 4 members (excludes halogenated alkanes) is 1. The standard InChI is InChI=1S/C21H27BrOSi/c1-21(2,3)24(18-12-6-4-7-13-18,19-14-8-5-9-15-19)20(23)16-10-11-17-22/h4-9,12-15H,10-11,16-17H2,1-3H3. The van der Waals surface area contributed by atoms with Gasteiger partial charge < -0.3 is 4.79 Å². The lowest BCUT2D eigenvalue weighted by Gasteiger charge is -2.42. The molecule has 0 N–H and O–H groups in total. The molecule has 0 aromatic heterocycles. The average Bonchev–Trinajstić information content (AvgIpc) is 2.56. The summed E-state index contributed by atoms with van der Waals surface area (Å²) in [5.74, 6) is 0. The SMILES string of the molecule is CC(C)(C)[Si](C(=O)CCCCBr)(c1ccccc1)c1ccccc1. The summed E-state index contributed by atoms with van der Waals surface area (Å²) in [6.07, 6.45) is 2.66. The molecule has 0 spiro atoms. The van der Waals surface area contributed by atoms with Crippen LogP contribution in [0, 0.1) is 0 Å². The largest absolute Gasteiger partial charge is 0.304 e. The minimum absolute atomic E-state index is 0.0822. The predicted molar refractivity (Wildman–Crippen MR) is 110 cm³/mol. The van der Waals surface area contributed by atoms with E-state index >= 15 is 0 Å². The topological polar surface area (TPSA) is 17.1 Å². The van der Waals surface area contributed by atoms with Crippen molar-refractivity contribution in [3.8, 4) is 0 Å². The zero-order chi connectivity index (χ0) is 17.6. The van der Waals surface area contributed by atoms with Crippen LogP contribution in [-0.2, 0) is 4.79 Å². The Morgan fingerprint density at radius 2 is 1.33 bits per heavy atom. The number of benzene rings is 2. The molecule has 2 rings (SSSR count). The Labute approximate surface area is 155 Å². The van der Waals surface area contributed by atoms with Crippen LogP contribution in [0.15, 0.2) is 60.7 Å². The fourth-order valence-corrected chi connectivity index (χ4v) is 9.60. The first kappa shape index (κ1) is 19.1. The third-order valence-corrected chi connectivity index (χ3v) is 11.0. The van der Waals surface area contributed by atoms with Gasteiger partial charge in [0.25, 0.3) is 0 Å². The monoisotopic (exact) mass is 402 g/mol. The molecule has 0 radical (unpaired) electrons. The van der Waals surface area contributed by atoms with E-state index in [2.05, 4.69) is 85.2 Å². The Hall–Kier alpha value is -1.19. The van der Waals surface area contributed by atoms with Crippen LogP contribution in [0.2, 0.25) is 5.04 Å². The highest BCUT2D eigenvalue weighted by molar-refractivity contribution is 9.09. The van der Waals surface area contributed by atoms with Crippen LogP contribution >= 0.6 is 15.9 Å². The van der Waals surface area contributed by atoms with Crippen molar-refractivity contribution < 1.29 is 4.79 Å². The van der Waals surface area contributed by atoms with Crippen molar-refractivity contribution >= 4 is 39.8 Å². The Balaban J connectivity index is 2.64. The van der Waals surface area contributed by atoms with Gasteiger partial charge in [-0.1, -0.05) is 97.4 Å². The molecule has 0 amide bonds. The Bertz CT molecular complexity index is 607. The lowest BCUT2D eigenvalue weighted by molar-refractivity contribution is -0.112. The van der Waals surface area contributed by atoms with Gasteiger partial charge >= 0.3 is 0 Å². The van der Waals surface area contributed by atoms with Crippen LogP contribution in [0.4, 0.5) is 0 Å². The second-order valence-electron chi connectivity index (χ2n) is 7.30. The highest BCUT2D eigenvalue weighted by Gasteiger charge is 2.53. The zero-order valence-corrected chi connectivity index (χ0v) is 17.5. The molecule has 0 saturated heterocycles. The molecule has 3 heteroatoms. The van der Waals surface area contributed by atoms with E-state index in [0.29, 0.717) is 11.8 Å². The molecule has 2 aromatic carbocycles. The second-order valence-corrected chi connectivity index (χ2v) is 12.8. The van der Waals surface area contributed by atoms with Crippen LogP contribution in [0.5, 0.6) is 0 Å². The molecule has 0 heterocycles. The van der Waals surface area contributed by atoms with Crippen molar-refractivity contribution in [1.29, 1.82) is 0 Å². The van der Waals surface area contributed by atoms with Gasteiger partial charge in [0.05, 0.1) is 0 Å². The summed E-state index contributed by atoms with van der Waals surface area (Å²) >= 11 is 3.48. The maximum atomic E-state index is 13.6. The molecule has 2 aromatic rings. The molecular formula is C21H27BrOSi. The lowest BCUT2D eigenvalue weighted by Crippen LogP contribution is -2.69. The van der Waals surface area contributed by atoms with Gasteiger partial charge in [-0.05, 0) is 28.3 Å². The molecule has 1 nitrogen and oxygen atoms in total. The summed E-state index contributed by atoms with van der Waals surface area (Å²) < 4.78 is 0. The number of hydrogen-bond donors (Lipinski definition) is 0. The van der Waals surface area contributed by atoms with Crippen molar-refractivity contribution in [2.24, 2.45) is 0 Å². The lowest BCUT2D eigenvalue weighted by atomic mass is 10.2. The summed E-state index contributed by atoms with van der Waals surface area (Å²) in [4.78, 5) is 13.6. The Morgan fingerprint density at radius 3 is 1.71 bits per heavy atom. The van der Waals surface area contributed by atoms with Crippen LogP contribution < -0.4 is 10.4 Å². The fourth-order valence-electron chi connectivity index (χ4n) is 3.72. The molecule has 0 unspecified atom stereocenters. The van der Waals surface area contributed by atoms with E-state index in [1.165, 1.54) is 10.4 Å². The Morgan fingerprint density at radius 1 is 0.875 bits per heavy atom. The van der Waals surface area contributed by atoms with Gasteiger partial charge in [-0.25, -0.2) is 0 Å². The highest BCUT2D eigenvalue weighted by Crippen LogP contribution is 2.37. The smallest absolute Gasteiger partial charge is 0.198 e. The second kappa shape index (κ2) is 8.26. The van der Waals surface area contributed by atoms with E-state index in [1.54, 1.807) is 0 Å². The maximum absolute atomic E-state index is 13.6. The van der Waals surface area contributed by atoms with Gasteiger partial charge in [0.2, 0.25) is 0 Å². The van der Waals surface area contributed by atoms with Gasteiger partial charge in [-0.15, -0.1) is 0 Å². The highest BCUT2D eigenvalue weighted by atomic mass is 79.9. The molecule has 24 heavy (non-hydrogen) atoms. The van der Waals surface area contributed by atoms with Gasteiger partial charge in [0, 0.05) is 11.8 Å². The number of carbonyl (C=O) groups is 1. The van der Waals surface area contributed by atoms with Gasteiger partial charge in [-0.3, -0.25) is 0 Å². The number of carbonyl (C=O) groups excluding carboxylic acids is 1. The van der Waals surface area contributed by atoms with Crippen LogP contribution in [0.1, 0.15) is 40.0 Å². The normalized spacial score (nSPS) is 12.2. The molecule has 0 bridgehead atoms. The number of alkyl halides is 1. The van der Waals surface area contributed by atoms with E-state index in [4.69, 9.17) is 0 Å². The summed E-state index contributed by atoms with van der Waals surface area (Å²) in [6.45, 7) is 6.71. The maximum Gasteiger partial charge on any atom is 0.198 e. The van der Waals surface area contributed by atoms with Gasteiger partial charge in [0.15, 0.2) is 8.07 Å². The van der Waals surface area contributed by atoms with Gasteiger partial charge in [0.1, 0.15) is 5.41 Å². The third-order valence-electron chi connectivity index (χ3n) is 4.74. The summed E-state index contributed by atoms with van der Waals surface area (Å²) in [6, 6.07) is 21.0. The molecule has 0 aliphatic rings. The van der Waals surface area contributed by atoms with Crippen LogP contribution in [0.3, 0.4) is 0 Å². The van der Waals surface area contributed by atoms with E-state index in [9.17, 15) is 4.79 Å². The van der Waals surface area contributed by atoms with Crippen molar-refractivity contribution in [1.82, 2.24) is 0 Å². The van der Waals surface area contributed by atoms with Crippen LogP contribution in [0.25, 0.3) is 0 Å². The average molecular weight is 403 g/mol. The first-order valence-corrected chi connectivity index (χ1v) is 11.8. The molecule has 0 aliphatic heterocycles. The predicted octanol–water partition coefficient (Wildman–Crippen LogP) is 4.72. The van der Waals surface area contributed by atoms with E-state index < -0.39 is 8.07 Å². The number of hydrogen-bond acceptors (Lipinski definition) is 1. The summed E-state index contributed by atoms with van der Waals surface area (Å²) in [5, 5.41) is 3.79. The molecule has 128 valence electrons. The first-order chi connectivity index (χ1) is 11.4. The van der Waals surface area contributed by atoms with Crippen LogP contribution in [-0.4, -0.2) is 18.8 Å². The minimum atomic E-state index is -2.56. The quantitative estimate of drug-likeness (QED) is 0.371.